The highest BCUT2D eigenvalue weighted by Crippen LogP contribution is 2.34. The number of aryl methyl sites for hydroxylation is 1. The number of amidine groups is 1. The maximum atomic E-state index is 13.7. The van der Waals surface area contributed by atoms with Crippen LogP contribution in [-0.4, -0.2) is 64.6 Å². The Morgan fingerprint density at radius 3 is 2.69 bits per heavy atom. The molecular weight excluding hydrogens is 523 g/mol. The number of nitrogens with zero attached hydrogens (tertiary/aromatic N) is 3. The molecule has 0 atom stereocenters. The number of anilines is 1. The summed E-state index contributed by atoms with van der Waals surface area (Å²) in [6.07, 6.45) is 0.550. The number of rotatable bonds is 5. The van der Waals surface area contributed by atoms with Gasteiger partial charge in [0, 0.05) is 24.5 Å². The summed E-state index contributed by atoms with van der Waals surface area (Å²) in [7, 11) is -7.73. The van der Waals surface area contributed by atoms with Crippen molar-refractivity contribution in [3.05, 3.63) is 65.3 Å². The van der Waals surface area contributed by atoms with Crippen LogP contribution >= 0.6 is 11.3 Å². The molecule has 8 nitrogen and oxygen atoms in total. The highest BCUT2D eigenvalue weighted by molar-refractivity contribution is 7.90. The fourth-order valence-electron chi connectivity index (χ4n) is 4.42. The van der Waals surface area contributed by atoms with E-state index in [1.807, 2.05) is 28.5 Å². The number of benzene rings is 2. The highest BCUT2D eigenvalue weighted by Gasteiger charge is 2.30. The van der Waals surface area contributed by atoms with Crippen LogP contribution in [0.1, 0.15) is 12.0 Å². The third-order valence-corrected chi connectivity index (χ3v) is 10.6. The largest absolute Gasteiger partial charge is 0.341 e. The topological polar surface area (TPSA) is 99.2 Å². The Morgan fingerprint density at radius 2 is 1.92 bits per heavy atom. The van der Waals surface area contributed by atoms with Gasteiger partial charge in [0.2, 0.25) is 10.0 Å². The molecule has 3 heterocycles. The van der Waals surface area contributed by atoms with E-state index < -0.39 is 25.9 Å². The van der Waals surface area contributed by atoms with Crippen molar-refractivity contribution in [2.75, 3.05) is 38.0 Å². The van der Waals surface area contributed by atoms with Crippen LogP contribution in [0.3, 0.4) is 0 Å². The van der Waals surface area contributed by atoms with Crippen molar-refractivity contribution in [3.63, 3.8) is 0 Å². The minimum Gasteiger partial charge on any atom is -0.341 e. The molecule has 0 bridgehead atoms. The van der Waals surface area contributed by atoms with Crippen LogP contribution < -0.4 is 5.32 Å². The molecule has 5 rings (SSSR count). The van der Waals surface area contributed by atoms with Crippen LogP contribution in [0.5, 0.6) is 0 Å². The van der Waals surface area contributed by atoms with E-state index in [1.165, 1.54) is 27.8 Å². The van der Waals surface area contributed by atoms with Crippen molar-refractivity contribution in [3.8, 4) is 10.4 Å². The summed E-state index contributed by atoms with van der Waals surface area (Å²) in [6, 6.07) is 12.9. The van der Waals surface area contributed by atoms with Gasteiger partial charge in [-0.05, 0) is 66.7 Å². The third-order valence-electron chi connectivity index (χ3n) is 6.26. The van der Waals surface area contributed by atoms with Gasteiger partial charge >= 0.3 is 0 Å². The van der Waals surface area contributed by atoms with Crippen LogP contribution in [0, 0.1) is 12.7 Å². The van der Waals surface area contributed by atoms with Crippen molar-refractivity contribution in [2.45, 2.75) is 23.1 Å². The molecule has 2 aliphatic heterocycles. The van der Waals surface area contributed by atoms with Gasteiger partial charge in [-0.2, -0.15) is 12.7 Å². The molecule has 190 valence electrons. The van der Waals surface area contributed by atoms with Gasteiger partial charge in [0.25, 0.3) is 10.0 Å². The molecule has 3 aromatic rings. The Kier molecular flexibility index (Phi) is 6.72. The zero-order valence-corrected chi connectivity index (χ0v) is 22.0. The predicted octanol–water partition coefficient (Wildman–Crippen LogP) is 3.77. The zero-order valence-electron chi connectivity index (χ0n) is 19.5. The van der Waals surface area contributed by atoms with Gasteiger partial charge in [-0.25, -0.2) is 12.8 Å². The van der Waals surface area contributed by atoms with Gasteiger partial charge in [0.15, 0.2) is 0 Å². The smallest absolute Gasteiger partial charge is 0.286 e. The predicted molar refractivity (Wildman–Crippen MR) is 139 cm³/mol. The van der Waals surface area contributed by atoms with Crippen LogP contribution in [0.4, 0.5) is 10.1 Å². The Bertz CT molecular complexity index is 1540. The van der Waals surface area contributed by atoms with E-state index in [4.69, 9.17) is 0 Å². The summed E-state index contributed by atoms with van der Waals surface area (Å²) >= 11 is 1.53. The third kappa shape index (κ3) is 4.96. The lowest BCUT2D eigenvalue weighted by Crippen LogP contribution is -2.39. The number of hydrogen-bond acceptors (Lipinski definition) is 7. The van der Waals surface area contributed by atoms with Crippen molar-refractivity contribution in [1.29, 1.82) is 0 Å². The standard InChI is InChI=1S/C24H25FN4O4S3/c1-17-5-7-19(25)15-22(17)36(32,33)29-10-3-9-28(11-12-29)16-24-26-20-8-6-18(21-4-2-13-34-21)14-23(20)35(30,31)27-24/h2,4-8,13-15H,3,9-12,16H2,1H3,(H,26,27). The average molecular weight is 549 g/mol. The van der Waals surface area contributed by atoms with Crippen molar-refractivity contribution < 1.29 is 21.2 Å². The molecule has 36 heavy (non-hydrogen) atoms. The monoisotopic (exact) mass is 548 g/mol. The first-order chi connectivity index (χ1) is 17.1. The summed E-state index contributed by atoms with van der Waals surface area (Å²) in [5, 5.41) is 5.07. The Morgan fingerprint density at radius 1 is 1.08 bits per heavy atom. The average Bonchev–Trinajstić information content (AvgIpc) is 3.26. The molecule has 0 radical (unpaired) electrons. The molecule has 1 fully saturated rings. The van der Waals surface area contributed by atoms with Gasteiger partial charge < -0.3 is 5.32 Å². The number of fused-ring (bicyclic) bond motifs is 1. The summed E-state index contributed by atoms with van der Waals surface area (Å²) in [6.45, 7) is 3.33. The minimum atomic E-state index is -3.88. The zero-order chi connectivity index (χ0) is 25.5. The van der Waals surface area contributed by atoms with Crippen molar-refractivity contribution >= 4 is 42.9 Å². The molecule has 0 saturated carbocycles. The second-order valence-electron chi connectivity index (χ2n) is 8.77. The first-order valence-corrected chi connectivity index (χ1v) is 15.2. The summed E-state index contributed by atoms with van der Waals surface area (Å²) in [4.78, 5) is 3.05. The molecule has 1 saturated heterocycles. The van der Waals surface area contributed by atoms with Gasteiger partial charge in [-0.15, -0.1) is 15.7 Å². The van der Waals surface area contributed by atoms with E-state index in [1.54, 1.807) is 19.1 Å². The molecule has 0 amide bonds. The molecule has 1 aromatic heterocycles. The molecule has 0 spiro atoms. The maximum Gasteiger partial charge on any atom is 0.286 e. The van der Waals surface area contributed by atoms with Crippen molar-refractivity contribution in [2.24, 2.45) is 4.40 Å². The van der Waals surface area contributed by atoms with E-state index in [-0.39, 0.29) is 22.9 Å². The van der Waals surface area contributed by atoms with Crippen LogP contribution in [-0.2, 0) is 20.0 Å². The molecule has 1 N–H and O–H groups in total. The number of hydrogen-bond donors (Lipinski definition) is 1. The van der Waals surface area contributed by atoms with Gasteiger partial charge in [0.05, 0.1) is 17.1 Å². The lowest BCUT2D eigenvalue weighted by atomic mass is 10.1. The number of halogens is 1. The SMILES string of the molecule is Cc1ccc(F)cc1S(=O)(=O)N1CCCN(CC2=NS(=O)(=O)c3cc(-c4cccs4)ccc3N2)CC1. The van der Waals surface area contributed by atoms with E-state index >= 15 is 0 Å². The van der Waals surface area contributed by atoms with E-state index in [0.29, 0.717) is 43.1 Å². The molecule has 2 aromatic carbocycles. The maximum absolute atomic E-state index is 13.7. The number of thiophene rings is 1. The Hall–Kier alpha value is -2.64. The second-order valence-corrected chi connectivity index (χ2v) is 13.2. The van der Waals surface area contributed by atoms with Crippen LogP contribution in [0.25, 0.3) is 10.4 Å². The second kappa shape index (κ2) is 9.67. The summed E-state index contributed by atoms with van der Waals surface area (Å²) in [5.74, 6) is -0.301. The van der Waals surface area contributed by atoms with Crippen LogP contribution in [0.15, 0.2) is 68.1 Å². The van der Waals surface area contributed by atoms with E-state index in [2.05, 4.69) is 9.71 Å². The van der Waals surface area contributed by atoms with E-state index in [9.17, 15) is 21.2 Å². The Balaban J connectivity index is 1.30. The molecule has 2 aliphatic rings. The van der Waals surface area contributed by atoms with Crippen LogP contribution in [0.2, 0.25) is 0 Å². The quantitative estimate of drug-likeness (QED) is 0.521. The van der Waals surface area contributed by atoms with Crippen molar-refractivity contribution in [1.82, 2.24) is 9.21 Å². The van der Waals surface area contributed by atoms with E-state index in [0.717, 1.165) is 16.5 Å². The first kappa shape index (κ1) is 25.0. The summed E-state index contributed by atoms with van der Waals surface area (Å²) in [5.41, 5.74) is 1.78. The molecular formula is C24H25FN4O4S3. The Labute approximate surface area is 214 Å². The minimum absolute atomic E-state index is 0.0288. The first-order valence-electron chi connectivity index (χ1n) is 11.4. The van der Waals surface area contributed by atoms with Gasteiger partial charge in [-0.3, -0.25) is 4.90 Å². The lowest BCUT2D eigenvalue weighted by molar-refractivity contribution is 0.324. The molecule has 0 unspecified atom stereocenters. The number of sulfonamides is 2. The number of nitrogens with one attached hydrogen (secondary N) is 1. The fraction of sp³-hybridized carbons (Fsp3) is 0.292. The lowest BCUT2D eigenvalue weighted by Gasteiger charge is -2.25. The molecule has 12 heteroatoms. The van der Waals surface area contributed by atoms with Gasteiger partial charge in [-0.1, -0.05) is 18.2 Å². The van der Waals surface area contributed by atoms with Gasteiger partial charge in [0.1, 0.15) is 16.5 Å². The summed E-state index contributed by atoms with van der Waals surface area (Å²) < 4.78 is 71.4. The highest BCUT2D eigenvalue weighted by atomic mass is 32.2. The fourth-order valence-corrected chi connectivity index (χ4v) is 8.02. The molecule has 0 aliphatic carbocycles. The normalized spacial score (nSPS) is 18.7.